The molecule has 5 nitrogen and oxygen atoms in total. The number of nitrogens with one attached hydrogen (secondary N) is 3. The number of amides is 2. The first-order valence-electron chi connectivity index (χ1n) is 7.54. The van der Waals surface area contributed by atoms with Crippen LogP contribution in [0.15, 0.2) is 60.0 Å². The van der Waals surface area contributed by atoms with Crippen molar-refractivity contribution in [3.63, 3.8) is 0 Å². The predicted molar refractivity (Wildman–Crippen MR) is 103 cm³/mol. The fourth-order valence-electron chi connectivity index (χ4n) is 2.40. The van der Waals surface area contributed by atoms with Crippen LogP contribution in [-0.4, -0.2) is 16.9 Å². The smallest absolute Gasteiger partial charge is 0.279 e. The molecule has 7 heteroatoms. The maximum absolute atomic E-state index is 12.2. The number of benzene rings is 2. The van der Waals surface area contributed by atoms with Crippen molar-refractivity contribution in [1.82, 2.24) is 16.2 Å². The fraction of sp³-hybridized carbons (Fsp3) is 0.0556. The van der Waals surface area contributed by atoms with E-state index in [0.717, 1.165) is 16.3 Å². The van der Waals surface area contributed by atoms with Crippen molar-refractivity contribution in [2.45, 2.75) is 6.42 Å². The minimum Gasteiger partial charge on any atom is -0.302 e. The first-order valence-corrected chi connectivity index (χ1v) is 8.82. The molecule has 0 aliphatic rings. The largest absolute Gasteiger partial charge is 0.302 e. The van der Waals surface area contributed by atoms with Gasteiger partial charge in [0.2, 0.25) is 5.91 Å². The third-order valence-corrected chi connectivity index (χ3v) is 4.59. The van der Waals surface area contributed by atoms with Gasteiger partial charge in [-0.3, -0.25) is 20.4 Å². The Kier molecular flexibility index (Phi) is 5.37. The van der Waals surface area contributed by atoms with E-state index in [2.05, 4.69) is 16.2 Å². The quantitative estimate of drug-likeness (QED) is 0.490. The van der Waals surface area contributed by atoms with Crippen LogP contribution in [0, 0.1) is 0 Å². The highest BCUT2D eigenvalue weighted by Crippen LogP contribution is 2.18. The zero-order chi connectivity index (χ0) is 17.6. The molecular formula is C18H15N3O2S2. The van der Waals surface area contributed by atoms with Crippen molar-refractivity contribution in [2.24, 2.45) is 0 Å². The summed E-state index contributed by atoms with van der Waals surface area (Å²) in [6.07, 6.45) is 0.196. The molecule has 25 heavy (non-hydrogen) atoms. The van der Waals surface area contributed by atoms with Gasteiger partial charge >= 0.3 is 0 Å². The van der Waals surface area contributed by atoms with Crippen molar-refractivity contribution in [1.29, 1.82) is 0 Å². The summed E-state index contributed by atoms with van der Waals surface area (Å²) < 4.78 is 0. The molecule has 3 N–H and O–H groups in total. The molecule has 0 radical (unpaired) electrons. The summed E-state index contributed by atoms with van der Waals surface area (Å²) in [7, 11) is 0. The van der Waals surface area contributed by atoms with Gasteiger partial charge in [-0.2, -0.15) is 0 Å². The molecule has 0 atom stereocenters. The second kappa shape index (κ2) is 7.87. The van der Waals surface area contributed by atoms with Crippen LogP contribution in [0.5, 0.6) is 0 Å². The van der Waals surface area contributed by atoms with E-state index in [1.807, 2.05) is 42.5 Å². The van der Waals surface area contributed by atoms with Crippen LogP contribution in [0.25, 0.3) is 10.8 Å². The van der Waals surface area contributed by atoms with Gasteiger partial charge in [0.05, 0.1) is 11.3 Å². The summed E-state index contributed by atoms with van der Waals surface area (Å²) in [5, 5.41) is 6.53. The summed E-state index contributed by atoms with van der Waals surface area (Å²) in [5.74, 6) is -0.556. The molecule has 0 unspecified atom stereocenters. The van der Waals surface area contributed by atoms with E-state index >= 15 is 0 Å². The van der Waals surface area contributed by atoms with E-state index in [9.17, 15) is 9.59 Å². The highest BCUT2D eigenvalue weighted by atomic mass is 32.1. The lowest BCUT2D eigenvalue weighted by Gasteiger charge is -2.11. The number of carbonyl (C=O) groups is 2. The minimum atomic E-state index is -0.305. The number of hydrogen-bond donors (Lipinski definition) is 3. The molecule has 0 fully saturated rings. The molecule has 0 bridgehead atoms. The number of carbonyl (C=O) groups excluding carboxylic acids is 2. The van der Waals surface area contributed by atoms with Crippen molar-refractivity contribution < 1.29 is 9.59 Å². The van der Waals surface area contributed by atoms with Crippen LogP contribution < -0.4 is 16.2 Å². The van der Waals surface area contributed by atoms with Crippen LogP contribution in [0.1, 0.15) is 15.2 Å². The highest BCUT2D eigenvalue weighted by Gasteiger charge is 2.10. The molecular weight excluding hydrogens is 354 g/mol. The van der Waals surface area contributed by atoms with E-state index < -0.39 is 0 Å². The van der Waals surface area contributed by atoms with Gasteiger partial charge < -0.3 is 5.32 Å². The molecule has 126 valence electrons. The van der Waals surface area contributed by atoms with E-state index in [-0.39, 0.29) is 23.3 Å². The summed E-state index contributed by atoms with van der Waals surface area (Å²) >= 11 is 6.35. The van der Waals surface area contributed by atoms with Gasteiger partial charge in [0, 0.05) is 0 Å². The van der Waals surface area contributed by atoms with Crippen LogP contribution in [0.2, 0.25) is 0 Å². The normalized spacial score (nSPS) is 10.2. The fourth-order valence-corrected chi connectivity index (χ4v) is 3.19. The van der Waals surface area contributed by atoms with Gasteiger partial charge in [0.15, 0.2) is 5.11 Å². The second-order valence-corrected chi connectivity index (χ2v) is 6.60. The average Bonchev–Trinajstić information content (AvgIpc) is 3.15. The molecule has 0 aliphatic carbocycles. The summed E-state index contributed by atoms with van der Waals surface area (Å²) in [6, 6.07) is 17.2. The molecule has 2 aromatic carbocycles. The number of rotatable bonds is 3. The maximum Gasteiger partial charge on any atom is 0.279 e. The molecule has 2 amide bonds. The first kappa shape index (κ1) is 17.1. The Labute approximate surface area is 154 Å². The lowest BCUT2D eigenvalue weighted by atomic mass is 10.0. The molecule has 1 aromatic heterocycles. The number of thiophene rings is 1. The molecule has 1 heterocycles. The lowest BCUT2D eigenvalue weighted by Crippen LogP contribution is -2.48. The Hall–Kier alpha value is -2.77. The predicted octanol–water partition coefficient (Wildman–Crippen LogP) is 2.78. The van der Waals surface area contributed by atoms with Crippen molar-refractivity contribution in [3.05, 3.63) is 70.4 Å². The Morgan fingerprint density at radius 3 is 2.56 bits per heavy atom. The van der Waals surface area contributed by atoms with Gasteiger partial charge in [0.25, 0.3) is 5.91 Å². The van der Waals surface area contributed by atoms with Gasteiger partial charge in [-0.1, -0.05) is 48.5 Å². The third-order valence-electron chi connectivity index (χ3n) is 3.52. The standard InChI is InChI=1S/C18H15N3O2S2/c22-16(11-13-7-3-6-12-5-1-2-8-14(12)13)19-18(24)21-20-17(23)15-9-4-10-25-15/h1-10H,11H2,(H,20,23)(H2,19,21,22,24). The molecule has 0 spiro atoms. The molecule has 3 rings (SSSR count). The topological polar surface area (TPSA) is 70.2 Å². The van der Waals surface area contributed by atoms with Crippen LogP contribution in [0.3, 0.4) is 0 Å². The molecule has 3 aromatic rings. The van der Waals surface area contributed by atoms with Gasteiger partial charge in [0.1, 0.15) is 0 Å². The summed E-state index contributed by atoms with van der Waals surface area (Å²) in [6.45, 7) is 0. The second-order valence-electron chi connectivity index (χ2n) is 5.25. The number of hydrazine groups is 1. The number of hydrogen-bond acceptors (Lipinski definition) is 4. The van der Waals surface area contributed by atoms with E-state index in [1.165, 1.54) is 11.3 Å². The molecule has 0 saturated carbocycles. The first-order chi connectivity index (χ1) is 12.1. The van der Waals surface area contributed by atoms with E-state index in [4.69, 9.17) is 12.2 Å². The maximum atomic E-state index is 12.2. The average molecular weight is 369 g/mol. The zero-order valence-electron chi connectivity index (χ0n) is 13.1. The number of fused-ring (bicyclic) bond motifs is 1. The lowest BCUT2D eigenvalue weighted by molar-refractivity contribution is -0.119. The van der Waals surface area contributed by atoms with Gasteiger partial charge in [-0.25, -0.2) is 0 Å². The van der Waals surface area contributed by atoms with Crippen LogP contribution in [0.4, 0.5) is 0 Å². The van der Waals surface area contributed by atoms with Crippen molar-refractivity contribution >= 4 is 51.3 Å². The van der Waals surface area contributed by atoms with Gasteiger partial charge in [-0.05, 0) is 40.0 Å². The van der Waals surface area contributed by atoms with Crippen LogP contribution in [-0.2, 0) is 11.2 Å². The summed E-state index contributed by atoms with van der Waals surface area (Å²) in [4.78, 5) is 24.5. The zero-order valence-corrected chi connectivity index (χ0v) is 14.7. The summed E-state index contributed by atoms with van der Waals surface area (Å²) in [5.41, 5.74) is 5.90. The van der Waals surface area contributed by atoms with E-state index in [0.29, 0.717) is 4.88 Å². The van der Waals surface area contributed by atoms with Crippen LogP contribution >= 0.6 is 23.6 Å². The Morgan fingerprint density at radius 1 is 0.960 bits per heavy atom. The monoisotopic (exact) mass is 369 g/mol. The molecule has 0 saturated heterocycles. The molecule has 0 aliphatic heterocycles. The Balaban J connectivity index is 1.55. The Bertz CT molecular complexity index is 918. The Morgan fingerprint density at radius 2 is 1.76 bits per heavy atom. The van der Waals surface area contributed by atoms with E-state index in [1.54, 1.807) is 17.5 Å². The van der Waals surface area contributed by atoms with Crippen molar-refractivity contribution in [3.8, 4) is 0 Å². The highest BCUT2D eigenvalue weighted by molar-refractivity contribution is 7.80. The minimum absolute atomic E-state index is 0.0511. The van der Waals surface area contributed by atoms with Crippen molar-refractivity contribution in [2.75, 3.05) is 0 Å². The SMILES string of the molecule is O=C(Cc1cccc2ccccc12)NC(=S)NNC(=O)c1cccs1. The third kappa shape index (κ3) is 4.40. The number of thiocarbonyl (C=S) groups is 1. The van der Waals surface area contributed by atoms with Gasteiger partial charge in [-0.15, -0.1) is 11.3 Å².